The molecule has 0 spiro atoms. The van der Waals surface area contributed by atoms with E-state index in [2.05, 4.69) is 112 Å². The number of likely N-dealkylation sites (tertiary alicyclic amines) is 1. The van der Waals surface area contributed by atoms with Crippen molar-refractivity contribution in [3.05, 3.63) is 83.5 Å². The quantitative estimate of drug-likeness (QED) is 0.237. The van der Waals surface area contributed by atoms with E-state index in [1.54, 1.807) is 4.90 Å². The van der Waals surface area contributed by atoms with Crippen LogP contribution in [0.25, 0.3) is 28.5 Å². The smallest absolute Gasteiger partial charge is 0.410 e. The summed E-state index contributed by atoms with van der Waals surface area (Å²) in [5.41, 5.74) is 8.75. The Labute approximate surface area is 247 Å². The lowest BCUT2D eigenvalue weighted by atomic mass is 9.84. The average molecular weight is 570 g/mol. The third-order valence-corrected chi connectivity index (χ3v) is 8.37. The lowest BCUT2D eigenvalue weighted by Crippen LogP contribution is -2.36. The van der Waals surface area contributed by atoms with Crippen molar-refractivity contribution in [2.45, 2.75) is 91.1 Å². The van der Waals surface area contributed by atoms with E-state index in [4.69, 9.17) is 9.72 Å². The minimum atomic E-state index is -1.26. The standard InChI is InChI=1S/C35H47N3O2Si/c1-34(2,3)28-16-12-15-26(22-28)29-23-27(19-18-25(29)14-10-11-21-41(7,8)9)30-24-36-32(37-30)31-17-13-20-38(31)33(39)40-35(4,5)6/h10-12,14-16,18-19,21-24,31H,13,17,20H2,1-9H3,(H,36,37)/t31-/m0/s1. The first-order chi connectivity index (χ1) is 19.1. The van der Waals surface area contributed by atoms with Gasteiger partial charge in [0.2, 0.25) is 0 Å². The Morgan fingerprint density at radius 1 is 1.02 bits per heavy atom. The van der Waals surface area contributed by atoms with Crippen molar-refractivity contribution >= 4 is 20.2 Å². The van der Waals surface area contributed by atoms with Crippen LogP contribution in [0.4, 0.5) is 4.79 Å². The summed E-state index contributed by atoms with van der Waals surface area (Å²) in [4.78, 5) is 23.0. The Bertz CT molecular complexity index is 1430. The van der Waals surface area contributed by atoms with Gasteiger partial charge in [0.15, 0.2) is 0 Å². The van der Waals surface area contributed by atoms with Crippen LogP contribution in [0.15, 0.2) is 66.5 Å². The number of carbonyl (C=O) groups excluding carboxylic acids is 1. The molecular formula is C35H47N3O2Si. The van der Waals surface area contributed by atoms with Gasteiger partial charge in [-0.25, -0.2) is 9.78 Å². The fourth-order valence-corrected chi connectivity index (χ4v) is 5.71. The van der Waals surface area contributed by atoms with Gasteiger partial charge in [-0.15, -0.1) is 0 Å². The van der Waals surface area contributed by atoms with E-state index < -0.39 is 13.7 Å². The van der Waals surface area contributed by atoms with Crippen LogP contribution < -0.4 is 0 Å². The van der Waals surface area contributed by atoms with Gasteiger partial charge in [0, 0.05) is 12.1 Å². The highest BCUT2D eigenvalue weighted by Crippen LogP contribution is 2.35. The van der Waals surface area contributed by atoms with Gasteiger partial charge >= 0.3 is 6.09 Å². The number of allylic oxidation sites excluding steroid dienone is 2. The van der Waals surface area contributed by atoms with E-state index in [9.17, 15) is 4.79 Å². The third kappa shape index (κ3) is 8.10. The molecule has 3 aromatic rings. The molecule has 1 aromatic heterocycles. The maximum absolute atomic E-state index is 12.9. The molecule has 1 N–H and O–H groups in total. The molecule has 1 aliphatic rings. The predicted molar refractivity (Wildman–Crippen MR) is 175 cm³/mol. The predicted octanol–water partition coefficient (Wildman–Crippen LogP) is 9.56. The Kier molecular flexibility index (Phi) is 8.83. The van der Waals surface area contributed by atoms with Crippen molar-refractivity contribution in [1.82, 2.24) is 14.9 Å². The van der Waals surface area contributed by atoms with Crippen molar-refractivity contribution in [2.24, 2.45) is 0 Å². The van der Waals surface area contributed by atoms with Crippen molar-refractivity contribution in [3.8, 4) is 22.4 Å². The molecule has 0 bridgehead atoms. The number of amides is 1. The highest BCUT2D eigenvalue weighted by atomic mass is 28.3. The molecule has 0 radical (unpaired) electrons. The second-order valence-corrected chi connectivity index (χ2v) is 19.3. The Morgan fingerprint density at radius 2 is 1.78 bits per heavy atom. The Balaban J connectivity index is 1.69. The first-order valence-corrected chi connectivity index (χ1v) is 18.3. The van der Waals surface area contributed by atoms with Gasteiger partial charge in [-0.2, -0.15) is 0 Å². The third-order valence-electron chi connectivity index (χ3n) is 7.18. The number of H-pyrrole nitrogens is 1. The van der Waals surface area contributed by atoms with Crippen LogP contribution in [0.1, 0.15) is 77.4 Å². The molecule has 0 unspecified atom stereocenters. The summed E-state index contributed by atoms with van der Waals surface area (Å²) in [6.45, 7) is 20.1. The molecule has 1 atom stereocenters. The summed E-state index contributed by atoms with van der Waals surface area (Å²) < 4.78 is 5.67. The lowest BCUT2D eigenvalue weighted by Gasteiger charge is -2.27. The van der Waals surface area contributed by atoms with Crippen LogP contribution in [0, 0.1) is 0 Å². The van der Waals surface area contributed by atoms with E-state index in [1.807, 2.05) is 27.0 Å². The Morgan fingerprint density at radius 3 is 2.46 bits per heavy atom. The van der Waals surface area contributed by atoms with E-state index in [0.717, 1.165) is 29.9 Å². The summed E-state index contributed by atoms with van der Waals surface area (Å²) in [6.07, 6.45) is 9.96. The molecule has 1 fully saturated rings. The monoisotopic (exact) mass is 569 g/mol. The van der Waals surface area contributed by atoms with Gasteiger partial charge in [0.05, 0.1) is 26.0 Å². The molecule has 1 saturated heterocycles. The largest absolute Gasteiger partial charge is 0.444 e. The van der Waals surface area contributed by atoms with E-state index >= 15 is 0 Å². The van der Waals surface area contributed by atoms with Gasteiger partial charge in [-0.05, 0) is 67.3 Å². The minimum absolute atomic E-state index is 0.0588. The number of hydrogen-bond donors (Lipinski definition) is 1. The normalized spacial score (nSPS) is 16.7. The van der Waals surface area contributed by atoms with E-state index in [0.29, 0.717) is 6.54 Å². The summed E-state index contributed by atoms with van der Waals surface area (Å²) >= 11 is 0. The molecule has 0 aliphatic carbocycles. The zero-order chi connectivity index (χ0) is 30.0. The molecule has 2 heterocycles. The van der Waals surface area contributed by atoms with Gasteiger partial charge in [-0.3, -0.25) is 4.90 Å². The number of aromatic amines is 1. The number of imidazole rings is 1. The number of hydrogen-bond acceptors (Lipinski definition) is 3. The number of nitrogens with one attached hydrogen (secondary N) is 1. The Hall–Kier alpha value is -3.38. The number of nitrogens with zero attached hydrogens (tertiary/aromatic N) is 2. The van der Waals surface area contributed by atoms with Crippen LogP contribution in [-0.2, 0) is 10.2 Å². The molecule has 6 heteroatoms. The van der Waals surface area contributed by atoms with Crippen LogP contribution in [0.3, 0.4) is 0 Å². The van der Waals surface area contributed by atoms with E-state index in [1.165, 1.54) is 22.3 Å². The lowest BCUT2D eigenvalue weighted by molar-refractivity contribution is 0.0218. The van der Waals surface area contributed by atoms with Crippen LogP contribution in [0.5, 0.6) is 0 Å². The maximum Gasteiger partial charge on any atom is 0.410 e. The second kappa shape index (κ2) is 11.8. The minimum Gasteiger partial charge on any atom is -0.444 e. The number of aromatic nitrogens is 2. The topological polar surface area (TPSA) is 58.2 Å². The second-order valence-electron chi connectivity index (χ2n) is 14.2. The highest BCUT2D eigenvalue weighted by Gasteiger charge is 2.34. The summed E-state index contributed by atoms with van der Waals surface area (Å²) in [6, 6.07) is 15.3. The zero-order valence-electron chi connectivity index (χ0n) is 26.3. The summed E-state index contributed by atoms with van der Waals surface area (Å²) in [7, 11) is -1.26. The first-order valence-electron chi connectivity index (χ1n) is 14.8. The van der Waals surface area contributed by atoms with Crippen LogP contribution in [0.2, 0.25) is 19.6 Å². The van der Waals surface area contributed by atoms with Crippen molar-refractivity contribution in [1.29, 1.82) is 0 Å². The molecule has 1 aliphatic heterocycles. The molecular weight excluding hydrogens is 522 g/mol. The first kappa shape index (κ1) is 30.6. The molecule has 2 aromatic carbocycles. The van der Waals surface area contributed by atoms with Crippen molar-refractivity contribution in [3.63, 3.8) is 0 Å². The number of rotatable bonds is 6. The maximum atomic E-state index is 12.9. The van der Waals surface area contributed by atoms with Gasteiger partial charge in [-0.1, -0.05) is 101 Å². The number of benzene rings is 2. The molecule has 4 rings (SSSR count). The van der Waals surface area contributed by atoms with Crippen molar-refractivity contribution in [2.75, 3.05) is 6.54 Å². The number of carbonyl (C=O) groups is 1. The molecule has 1 amide bonds. The van der Waals surface area contributed by atoms with Crippen LogP contribution >= 0.6 is 0 Å². The SMILES string of the molecule is CC(C)(C)OC(=O)N1CCC[C@H]1c1ncc(-c2ccc(C=CC=C[Si](C)(C)C)c(-c3cccc(C(C)(C)C)c3)c2)[nH]1. The van der Waals surface area contributed by atoms with Gasteiger partial charge < -0.3 is 9.72 Å². The molecule has 0 saturated carbocycles. The van der Waals surface area contributed by atoms with Gasteiger partial charge in [0.25, 0.3) is 0 Å². The van der Waals surface area contributed by atoms with Crippen molar-refractivity contribution < 1.29 is 9.53 Å². The molecule has 218 valence electrons. The fraction of sp³-hybridized carbons (Fsp3) is 0.429. The van der Waals surface area contributed by atoms with E-state index in [-0.39, 0.29) is 17.6 Å². The number of ether oxygens (including phenoxy) is 1. The van der Waals surface area contributed by atoms with Gasteiger partial charge in [0.1, 0.15) is 11.4 Å². The van der Waals surface area contributed by atoms with Crippen LogP contribution in [-0.4, -0.2) is 41.2 Å². The molecule has 5 nitrogen and oxygen atoms in total. The average Bonchev–Trinajstić information content (AvgIpc) is 3.55. The fourth-order valence-electron chi connectivity index (χ4n) is 5.02. The highest BCUT2D eigenvalue weighted by molar-refractivity contribution is 6.81. The summed E-state index contributed by atoms with van der Waals surface area (Å²) in [5.74, 6) is 0.806. The zero-order valence-corrected chi connectivity index (χ0v) is 27.3. The summed E-state index contributed by atoms with van der Waals surface area (Å²) in [5, 5.41) is 0. The molecule has 41 heavy (non-hydrogen) atoms.